The molecule has 7 heteroatoms. The number of nitrogens with zero attached hydrogens (tertiary/aromatic N) is 4. The minimum atomic E-state index is 0.0349. The van der Waals surface area contributed by atoms with E-state index in [0.29, 0.717) is 30.2 Å². The summed E-state index contributed by atoms with van der Waals surface area (Å²) in [5.41, 5.74) is 3.18. The van der Waals surface area contributed by atoms with Crippen LogP contribution in [0.4, 0.5) is 17.5 Å². The van der Waals surface area contributed by atoms with Crippen LogP contribution in [0, 0.1) is 0 Å². The van der Waals surface area contributed by atoms with Crippen LogP contribution in [0.3, 0.4) is 0 Å². The van der Waals surface area contributed by atoms with Gasteiger partial charge in [0.05, 0.1) is 6.42 Å². The molecular formula is C24H25N5O2. The first-order valence-electron chi connectivity index (χ1n) is 10.6. The predicted molar refractivity (Wildman–Crippen MR) is 120 cm³/mol. The van der Waals surface area contributed by atoms with Crippen LogP contribution in [0.5, 0.6) is 0 Å². The fourth-order valence-corrected chi connectivity index (χ4v) is 3.90. The van der Waals surface area contributed by atoms with Gasteiger partial charge in [-0.15, -0.1) is 0 Å². The molecule has 1 aliphatic heterocycles. The maximum Gasteiger partial charge on any atom is 0.233 e. The van der Waals surface area contributed by atoms with Crippen LogP contribution in [0.25, 0.3) is 0 Å². The Labute approximate surface area is 181 Å². The molecular weight excluding hydrogens is 390 g/mol. The normalized spacial score (nSPS) is 12.9. The summed E-state index contributed by atoms with van der Waals surface area (Å²) < 4.78 is 0. The number of rotatable bonds is 8. The first-order valence-corrected chi connectivity index (χ1v) is 10.6. The molecule has 1 aliphatic rings. The number of Topliss-reactive ketones (excluding diaryl/α,β-unsaturated/α-hetero) is 1. The molecule has 0 unspecified atom stereocenters. The lowest BCUT2D eigenvalue weighted by Crippen LogP contribution is -2.37. The monoisotopic (exact) mass is 415 g/mol. The zero-order chi connectivity index (χ0) is 21.8. The first kappa shape index (κ1) is 20.7. The van der Waals surface area contributed by atoms with Gasteiger partial charge in [0.15, 0.2) is 5.78 Å². The van der Waals surface area contributed by atoms with Crippen LogP contribution in [-0.2, 0) is 17.6 Å². The van der Waals surface area contributed by atoms with Crippen LogP contribution >= 0.6 is 0 Å². The second-order valence-corrected chi connectivity index (χ2v) is 7.61. The van der Waals surface area contributed by atoms with Crippen molar-refractivity contribution in [3.05, 3.63) is 71.7 Å². The van der Waals surface area contributed by atoms with Crippen molar-refractivity contribution in [1.29, 1.82) is 0 Å². The summed E-state index contributed by atoms with van der Waals surface area (Å²) in [5.74, 6) is 1.24. The van der Waals surface area contributed by atoms with Crippen molar-refractivity contribution < 1.29 is 9.59 Å². The molecule has 0 bridgehead atoms. The zero-order valence-corrected chi connectivity index (χ0v) is 17.7. The van der Waals surface area contributed by atoms with E-state index in [1.807, 2.05) is 29.2 Å². The predicted octanol–water partition coefficient (Wildman–Crippen LogP) is 4.12. The number of hydrogen-bond donors (Lipinski definition) is 1. The molecule has 4 rings (SSSR count). The molecule has 1 N–H and O–H groups in total. The lowest BCUT2D eigenvalue weighted by molar-refractivity contribution is -0.117. The lowest BCUT2D eigenvalue weighted by atomic mass is 10.0. The number of anilines is 3. The second kappa shape index (κ2) is 9.04. The fourth-order valence-electron chi connectivity index (χ4n) is 3.90. The van der Waals surface area contributed by atoms with E-state index in [9.17, 15) is 9.59 Å². The van der Waals surface area contributed by atoms with E-state index >= 15 is 0 Å². The second-order valence-electron chi connectivity index (χ2n) is 7.61. The summed E-state index contributed by atoms with van der Waals surface area (Å²) >= 11 is 0. The average molecular weight is 415 g/mol. The standard InChI is InChI=1S/C24H25N5O2/c1-3-20(4-2)29-22(31)14-18-15-26-24(28-23(18)29)27-19-7-5-6-16(12-19)13-21(30)17-8-10-25-11-9-17/h5-12,15,20H,3-4,13-14H2,1-2H3,(H,26,27,28). The number of pyridine rings is 1. The van der Waals surface area contributed by atoms with Crippen molar-refractivity contribution in [2.45, 2.75) is 45.6 Å². The molecule has 0 atom stereocenters. The Bertz CT molecular complexity index is 1100. The van der Waals surface area contributed by atoms with Crippen LogP contribution < -0.4 is 10.2 Å². The van der Waals surface area contributed by atoms with E-state index in [0.717, 1.165) is 29.7 Å². The Morgan fingerprint density at radius 1 is 1.16 bits per heavy atom. The number of aromatic nitrogens is 3. The summed E-state index contributed by atoms with van der Waals surface area (Å²) in [6, 6.07) is 11.2. The summed E-state index contributed by atoms with van der Waals surface area (Å²) in [6.45, 7) is 4.16. The summed E-state index contributed by atoms with van der Waals surface area (Å²) in [4.78, 5) is 39.8. The van der Waals surface area contributed by atoms with Gasteiger partial charge in [0, 0.05) is 47.9 Å². The SMILES string of the molecule is CCC(CC)N1C(=O)Cc2cnc(Nc3cccc(CC(=O)c4ccncc4)c3)nc21. The van der Waals surface area contributed by atoms with Crippen molar-refractivity contribution in [1.82, 2.24) is 15.0 Å². The smallest absolute Gasteiger partial charge is 0.233 e. The van der Waals surface area contributed by atoms with Gasteiger partial charge in [-0.3, -0.25) is 19.5 Å². The van der Waals surface area contributed by atoms with E-state index < -0.39 is 0 Å². The van der Waals surface area contributed by atoms with E-state index in [1.54, 1.807) is 30.7 Å². The van der Waals surface area contributed by atoms with E-state index in [2.05, 4.69) is 34.1 Å². The highest BCUT2D eigenvalue weighted by atomic mass is 16.2. The Morgan fingerprint density at radius 2 is 1.94 bits per heavy atom. The van der Waals surface area contributed by atoms with Gasteiger partial charge >= 0.3 is 0 Å². The highest BCUT2D eigenvalue weighted by Crippen LogP contribution is 2.31. The number of amides is 1. The number of carbonyl (C=O) groups is 2. The molecule has 0 saturated heterocycles. The van der Waals surface area contributed by atoms with Gasteiger partial charge in [-0.05, 0) is 42.7 Å². The third-order valence-corrected chi connectivity index (χ3v) is 5.54. The zero-order valence-electron chi connectivity index (χ0n) is 17.7. The summed E-state index contributed by atoms with van der Waals surface area (Å²) in [6.07, 6.45) is 7.35. The van der Waals surface area contributed by atoms with Gasteiger partial charge in [-0.1, -0.05) is 26.0 Å². The average Bonchev–Trinajstić information content (AvgIpc) is 3.11. The van der Waals surface area contributed by atoms with E-state index in [1.165, 1.54) is 0 Å². The summed E-state index contributed by atoms with van der Waals surface area (Å²) in [5, 5.41) is 3.22. The minimum absolute atomic E-state index is 0.0349. The fraction of sp³-hybridized carbons (Fsp3) is 0.292. The molecule has 158 valence electrons. The molecule has 3 heterocycles. The number of fused-ring (bicyclic) bond motifs is 1. The number of ketones is 1. The topological polar surface area (TPSA) is 88.1 Å². The molecule has 1 aromatic carbocycles. The third kappa shape index (κ3) is 4.45. The van der Waals surface area contributed by atoms with Gasteiger partial charge in [0.2, 0.25) is 11.9 Å². The Morgan fingerprint density at radius 3 is 2.68 bits per heavy atom. The van der Waals surface area contributed by atoms with Gasteiger partial charge in [0.1, 0.15) is 5.82 Å². The van der Waals surface area contributed by atoms with Crippen molar-refractivity contribution in [2.24, 2.45) is 0 Å². The number of benzene rings is 1. The molecule has 1 amide bonds. The van der Waals surface area contributed by atoms with Gasteiger partial charge < -0.3 is 5.32 Å². The maximum absolute atomic E-state index is 12.5. The van der Waals surface area contributed by atoms with Gasteiger partial charge in [-0.25, -0.2) is 4.98 Å². The van der Waals surface area contributed by atoms with Crippen LogP contribution in [0.2, 0.25) is 0 Å². The molecule has 0 aliphatic carbocycles. The number of hydrogen-bond acceptors (Lipinski definition) is 6. The number of nitrogens with one attached hydrogen (secondary N) is 1. The van der Waals surface area contributed by atoms with Gasteiger partial charge in [-0.2, -0.15) is 4.98 Å². The molecule has 3 aromatic rings. The van der Waals surface area contributed by atoms with E-state index in [-0.39, 0.29) is 17.7 Å². The molecule has 0 spiro atoms. The largest absolute Gasteiger partial charge is 0.324 e. The Balaban J connectivity index is 1.52. The molecule has 2 aromatic heterocycles. The molecule has 0 radical (unpaired) electrons. The Hall–Kier alpha value is -3.61. The quantitative estimate of drug-likeness (QED) is 0.557. The van der Waals surface area contributed by atoms with Crippen molar-refractivity contribution in [2.75, 3.05) is 10.2 Å². The lowest BCUT2D eigenvalue weighted by Gasteiger charge is -2.25. The van der Waals surface area contributed by atoms with Crippen LogP contribution in [0.1, 0.15) is 48.2 Å². The first-order chi connectivity index (χ1) is 15.1. The maximum atomic E-state index is 12.5. The van der Waals surface area contributed by atoms with Crippen molar-refractivity contribution >= 4 is 29.1 Å². The van der Waals surface area contributed by atoms with Crippen LogP contribution in [-0.4, -0.2) is 32.7 Å². The molecule has 31 heavy (non-hydrogen) atoms. The van der Waals surface area contributed by atoms with Crippen molar-refractivity contribution in [3.8, 4) is 0 Å². The molecule has 0 saturated carbocycles. The third-order valence-electron chi connectivity index (χ3n) is 5.54. The summed E-state index contributed by atoms with van der Waals surface area (Å²) in [7, 11) is 0. The molecule has 7 nitrogen and oxygen atoms in total. The highest BCUT2D eigenvalue weighted by molar-refractivity contribution is 6.00. The number of carbonyl (C=O) groups excluding carboxylic acids is 2. The minimum Gasteiger partial charge on any atom is -0.324 e. The van der Waals surface area contributed by atoms with Gasteiger partial charge in [0.25, 0.3) is 0 Å². The van der Waals surface area contributed by atoms with Crippen LogP contribution in [0.15, 0.2) is 55.0 Å². The highest BCUT2D eigenvalue weighted by Gasteiger charge is 2.33. The Kier molecular flexibility index (Phi) is 6.02. The van der Waals surface area contributed by atoms with E-state index in [4.69, 9.17) is 0 Å². The van der Waals surface area contributed by atoms with Crippen molar-refractivity contribution in [3.63, 3.8) is 0 Å². The molecule has 0 fully saturated rings.